The fraction of sp³-hybridized carbons (Fsp3) is 1.00. The van der Waals surface area contributed by atoms with E-state index in [9.17, 15) is 4.39 Å². The molecule has 2 heterocycles. The van der Waals surface area contributed by atoms with Gasteiger partial charge in [0, 0.05) is 6.54 Å². The molecule has 2 atom stereocenters. The van der Waals surface area contributed by atoms with Crippen molar-refractivity contribution in [2.24, 2.45) is 11.8 Å². The minimum atomic E-state index is -0.582. The Morgan fingerprint density at radius 2 is 1.92 bits per heavy atom. The van der Waals surface area contributed by atoms with Crippen molar-refractivity contribution < 1.29 is 4.39 Å². The van der Waals surface area contributed by atoms with Crippen LogP contribution in [0, 0.1) is 11.8 Å². The van der Waals surface area contributed by atoms with E-state index >= 15 is 0 Å². The molecule has 0 radical (unpaired) electrons. The Bertz CT molecular complexity index is 159. The molecular formula is C10H18FNS. The summed E-state index contributed by atoms with van der Waals surface area (Å²) in [6.45, 7) is 1.61. The lowest BCUT2D eigenvalue weighted by Gasteiger charge is -2.35. The minimum Gasteiger partial charge on any atom is -0.314 e. The monoisotopic (exact) mass is 203 g/mol. The van der Waals surface area contributed by atoms with Gasteiger partial charge in [-0.15, -0.1) is 0 Å². The molecule has 0 spiro atoms. The fourth-order valence-electron chi connectivity index (χ4n) is 2.52. The van der Waals surface area contributed by atoms with Crippen LogP contribution in [-0.2, 0) is 0 Å². The third-order valence-corrected chi connectivity index (χ3v) is 4.38. The van der Waals surface area contributed by atoms with Crippen LogP contribution in [0.3, 0.4) is 0 Å². The highest BCUT2D eigenvalue weighted by molar-refractivity contribution is 7.99. The Hall–Kier alpha value is 0.240. The van der Waals surface area contributed by atoms with E-state index in [-0.39, 0.29) is 0 Å². The predicted molar refractivity (Wildman–Crippen MR) is 55.9 cm³/mol. The minimum absolute atomic E-state index is 0.363. The Morgan fingerprint density at radius 1 is 1.15 bits per heavy atom. The largest absolute Gasteiger partial charge is 0.314 e. The van der Waals surface area contributed by atoms with Gasteiger partial charge in [0.1, 0.15) is 6.17 Å². The number of thioether (sulfide) groups is 1. The van der Waals surface area contributed by atoms with Gasteiger partial charge in [-0.05, 0) is 49.1 Å². The van der Waals surface area contributed by atoms with E-state index in [1.807, 2.05) is 11.8 Å². The van der Waals surface area contributed by atoms with E-state index in [1.165, 1.54) is 24.3 Å². The van der Waals surface area contributed by atoms with Gasteiger partial charge in [-0.3, -0.25) is 0 Å². The second-order valence-corrected chi connectivity index (χ2v) is 5.35. The van der Waals surface area contributed by atoms with Crippen molar-refractivity contribution in [1.82, 2.24) is 5.32 Å². The average Bonchev–Trinajstić information content (AvgIpc) is 2.20. The first-order chi connectivity index (χ1) is 6.38. The molecule has 0 bridgehead atoms. The smallest absolute Gasteiger partial charge is 0.116 e. The first-order valence-corrected chi connectivity index (χ1v) is 6.46. The summed E-state index contributed by atoms with van der Waals surface area (Å²) in [5, 5.41) is 3.12. The molecule has 1 N–H and O–H groups in total. The Balaban J connectivity index is 1.88. The molecule has 1 nitrogen and oxygen atoms in total. The van der Waals surface area contributed by atoms with Crippen LogP contribution in [0.25, 0.3) is 0 Å². The third kappa shape index (κ3) is 2.38. The van der Waals surface area contributed by atoms with Crippen LogP contribution in [0.4, 0.5) is 4.39 Å². The molecule has 0 saturated carbocycles. The van der Waals surface area contributed by atoms with Gasteiger partial charge in [0.2, 0.25) is 0 Å². The van der Waals surface area contributed by atoms with Crippen LogP contribution in [-0.4, -0.2) is 30.8 Å². The van der Waals surface area contributed by atoms with Gasteiger partial charge in [0.05, 0.1) is 0 Å². The van der Waals surface area contributed by atoms with Crippen LogP contribution < -0.4 is 5.32 Å². The van der Waals surface area contributed by atoms with E-state index < -0.39 is 6.17 Å². The maximum absolute atomic E-state index is 13.6. The van der Waals surface area contributed by atoms with Crippen LogP contribution in [0.15, 0.2) is 0 Å². The van der Waals surface area contributed by atoms with Crippen LogP contribution in [0.5, 0.6) is 0 Å². The molecule has 2 unspecified atom stereocenters. The topological polar surface area (TPSA) is 12.0 Å². The number of hydrogen-bond donors (Lipinski definition) is 1. The molecule has 2 saturated heterocycles. The molecule has 0 amide bonds. The summed E-state index contributed by atoms with van der Waals surface area (Å²) in [7, 11) is 0. The number of rotatable bonds is 1. The van der Waals surface area contributed by atoms with Gasteiger partial charge in [-0.2, -0.15) is 11.8 Å². The highest BCUT2D eigenvalue weighted by Crippen LogP contribution is 2.34. The van der Waals surface area contributed by atoms with Crippen molar-refractivity contribution in [3.63, 3.8) is 0 Å². The molecule has 2 aliphatic heterocycles. The maximum atomic E-state index is 13.6. The van der Waals surface area contributed by atoms with Crippen LogP contribution >= 0.6 is 11.8 Å². The van der Waals surface area contributed by atoms with Crippen molar-refractivity contribution >= 4 is 11.8 Å². The second kappa shape index (κ2) is 4.65. The highest BCUT2D eigenvalue weighted by atomic mass is 32.2. The Labute approximate surface area is 83.9 Å². The molecule has 13 heavy (non-hydrogen) atoms. The fourth-order valence-corrected chi connectivity index (χ4v) is 3.66. The maximum Gasteiger partial charge on any atom is 0.116 e. The van der Waals surface area contributed by atoms with Gasteiger partial charge in [0.15, 0.2) is 0 Å². The SMILES string of the molecule is FC1CNCCC1C1CCSCC1. The van der Waals surface area contributed by atoms with Crippen molar-refractivity contribution in [2.45, 2.75) is 25.4 Å². The first kappa shape index (κ1) is 9.78. The zero-order chi connectivity index (χ0) is 9.10. The summed E-state index contributed by atoms with van der Waals surface area (Å²) in [6.07, 6.45) is 2.96. The lowest BCUT2D eigenvalue weighted by Crippen LogP contribution is -2.42. The number of hydrogen-bond acceptors (Lipinski definition) is 2. The molecule has 76 valence electrons. The van der Waals surface area contributed by atoms with Crippen molar-refractivity contribution in [3.8, 4) is 0 Å². The normalized spacial score (nSPS) is 37.6. The standard InChI is InChI=1S/C10H18FNS/c11-10-7-12-4-1-9(10)8-2-5-13-6-3-8/h8-10,12H,1-7H2. The quantitative estimate of drug-likeness (QED) is 0.700. The van der Waals surface area contributed by atoms with Crippen molar-refractivity contribution in [2.75, 3.05) is 24.6 Å². The first-order valence-electron chi connectivity index (χ1n) is 5.30. The van der Waals surface area contributed by atoms with Gasteiger partial charge in [-0.1, -0.05) is 0 Å². The molecule has 0 aliphatic carbocycles. The summed E-state index contributed by atoms with van der Waals surface area (Å²) in [4.78, 5) is 0. The lowest BCUT2D eigenvalue weighted by molar-refractivity contribution is 0.120. The molecule has 2 rings (SSSR count). The molecule has 0 aromatic carbocycles. The molecule has 0 aromatic rings. The number of alkyl halides is 1. The van der Waals surface area contributed by atoms with E-state index in [2.05, 4.69) is 5.32 Å². The van der Waals surface area contributed by atoms with Crippen molar-refractivity contribution in [3.05, 3.63) is 0 Å². The molecule has 2 fully saturated rings. The number of nitrogens with one attached hydrogen (secondary N) is 1. The Morgan fingerprint density at radius 3 is 2.62 bits per heavy atom. The van der Waals surface area contributed by atoms with Gasteiger partial charge >= 0.3 is 0 Å². The van der Waals surface area contributed by atoms with Gasteiger partial charge in [-0.25, -0.2) is 4.39 Å². The van der Waals surface area contributed by atoms with Gasteiger partial charge < -0.3 is 5.32 Å². The van der Waals surface area contributed by atoms with E-state index in [0.29, 0.717) is 18.4 Å². The second-order valence-electron chi connectivity index (χ2n) is 4.12. The van der Waals surface area contributed by atoms with Crippen LogP contribution in [0.1, 0.15) is 19.3 Å². The molecule has 2 aliphatic rings. The summed E-state index contributed by atoms with van der Waals surface area (Å²) in [5.41, 5.74) is 0. The highest BCUT2D eigenvalue weighted by Gasteiger charge is 2.32. The lowest BCUT2D eigenvalue weighted by atomic mass is 9.80. The summed E-state index contributed by atoms with van der Waals surface area (Å²) in [5.74, 6) is 3.54. The zero-order valence-corrected chi connectivity index (χ0v) is 8.78. The zero-order valence-electron chi connectivity index (χ0n) is 7.97. The number of piperidine rings is 1. The van der Waals surface area contributed by atoms with E-state index in [4.69, 9.17) is 0 Å². The van der Waals surface area contributed by atoms with Crippen molar-refractivity contribution in [1.29, 1.82) is 0 Å². The average molecular weight is 203 g/mol. The van der Waals surface area contributed by atoms with Crippen LogP contribution in [0.2, 0.25) is 0 Å². The van der Waals surface area contributed by atoms with E-state index in [0.717, 1.165) is 13.0 Å². The summed E-state index contributed by atoms with van der Waals surface area (Å²) >= 11 is 2.03. The Kier molecular flexibility index (Phi) is 3.50. The van der Waals surface area contributed by atoms with Gasteiger partial charge in [0.25, 0.3) is 0 Å². The molecule has 3 heteroatoms. The summed E-state index contributed by atoms with van der Waals surface area (Å²) in [6, 6.07) is 0. The third-order valence-electron chi connectivity index (χ3n) is 3.33. The molecule has 0 aromatic heterocycles. The number of halogens is 1. The predicted octanol–water partition coefficient (Wildman–Crippen LogP) is 2.08. The molecular weight excluding hydrogens is 185 g/mol. The summed E-state index contributed by atoms with van der Waals surface area (Å²) < 4.78 is 13.6. The van der Waals surface area contributed by atoms with E-state index in [1.54, 1.807) is 0 Å².